The van der Waals surface area contributed by atoms with Crippen LogP contribution in [0.15, 0.2) is 48.5 Å². The van der Waals surface area contributed by atoms with Crippen LogP contribution >= 0.6 is 0 Å². The normalized spacial score (nSPS) is 10.4. The number of rotatable bonds is 6. The minimum atomic E-state index is -0.811. The first-order valence-electron chi connectivity index (χ1n) is 8.86. The Balaban J connectivity index is 1.66. The molecule has 0 saturated heterocycles. The maximum absolute atomic E-state index is 12.3. The molecule has 0 saturated carbocycles. The van der Waals surface area contributed by atoms with Gasteiger partial charge in [-0.1, -0.05) is 18.2 Å². The Morgan fingerprint density at radius 2 is 1.86 bits per heavy atom. The molecule has 0 fully saturated rings. The smallest absolute Gasteiger partial charge is 0.342 e. The second-order valence-electron chi connectivity index (χ2n) is 6.30. The lowest BCUT2D eigenvalue weighted by Gasteiger charge is -2.09. The van der Waals surface area contributed by atoms with Gasteiger partial charge >= 0.3 is 5.97 Å². The molecule has 0 aliphatic heterocycles. The van der Waals surface area contributed by atoms with E-state index in [0.717, 1.165) is 11.4 Å². The predicted molar refractivity (Wildman–Crippen MR) is 107 cm³/mol. The van der Waals surface area contributed by atoms with Gasteiger partial charge in [0, 0.05) is 6.07 Å². The van der Waals surface area contributed by atoms with E-state index in [4.69, 9.17) is 9.47 Å². The molecule has 3 aromatic rings. The Labute approximate surface area is 167 Å². The first kappa shape index (κ1) is 19.9. The summed E-state index contributed by atoms with van der Waals surface area (Å²) in [6.07, 6.45) is 0. The molecule has 1 heterocycles. The zero-order chi connectivity index (χ0) is 21.0. The number of aromatic hydroxyl groups is 1. The summed E-state index contributed by atoms with van der Waals surface area (Å²) in [6, 6.07) is 13.7. The highest BCUT2D eigenvalue weighted by Gasteiger charge is 2.18. The van der Waals surface area contributed by atoms with Crippen molar-refractivity contribution in [2.45, 2.75) is 13.8 Å². The molecule has 2 N–H and O–H groups in total. The molecule has 0 bridgehead atoms. The highest BCUT2D eigenvalue weighted by Crippen LogP contribution is 2.25. The van der Waals surface area contributed by atoms with Gasteiger partial charge in [-0.25, -0.2) is 9.48 Å². The number of benzene rings is 2. The summed E-state index contributed by atoms with van der Waals surface area (Å²) in [7, 11) is 1.45. The third-order valence-electron chi connectivity index (χ3n) is 4.32. The van der Waals surface area contributed by atoms with E-state index in [9.17, 15) is 14.7 Å². The number of aromatic nitrogens is 2. The van der Waals surface area contributed by atoms with Gasteiger partial charge < -0.3 is 19.9 Å². The van der Waals surface area contributed by atoms with Crippen LogP contribution in [-0.2, 0) is 9.53 Å². The number of nitrogens with zero attached hydrogens (tertiary/aromatic N) is 2. The van der Waals surface area contributed by atoms with Crippen LogP contribution in [0, 0.1) is 13.8 Å². The second kappa shape index (κ2) is 8.47. The van der Waals surface area contributed by atoms with E-state index in [-0.39, 0.29) is 11.3 Å². The summed E-state index contributed by atoms with van der Waals surface area (Å²) in [6.45, 7) is 3.12. The molecule has 29 heavy (non-hydrogen) atoms. The van der Waals surface area contributed by atoms with Crippen LogP contribution in [0.2, 0.25) is 0 Å². The maximum atomic E-state index is 12.3. The molecule has 0 spiro atoms. The van der Waals surface area contributed by atoms with Gasteiger partial charge in [-0.2, -0.15) is 5.10 Å². The molecule has 0 atom stereocenters. The molecule has 1 aromatic heterocycles. The van der Waals surface area contributed by atoms with Gasteiger partial charge in [0.25, 0.3) is 5.91 Å². The van der Waals surface area contributed by atoms with Crippen LogP contribution in [0.4, 0.5) is 5.69 Å². The van der Waals surface area contributed by atoms with Crippen molar-refractivity contribution >= 4 is 17.6 Å². The molecular formula is C21H21N3O5. The average molecular weight is 395 g/mol. The van der Waals surface area contributed by atoms with Crippen molar-refractivity contribution in [3.05, 3.63) is 65.5 Å². The number of carbonyl (C=O) groups is 2. The largest absolute Gasteiger partial charge is 0.507 e. The molecule has 8 heteroatoms. The number of aryl methyl sites for hydroxylation is 1. The van der Waals surface area contributed by atoms with Crippen molar-refractivity contribution in [3.8, 4) is 17.2 Å². The van der Waals surface area contributed by atoms with Gasteiger partial charge in [-0.3, -0.25) is 4.79 Å². The average Bonchev–Trinajstić information content (AvgIpc) is 3.00. The molecule has 3 rings (SSSR count). The number of esters is 1. The van der Waals surface area contributed by atoms with Crippen molar-refractivity contribution in [3.63, 3.8) is 0 Å². The molecule has 8 nitrogen and oxygen atoms in total. The molecular weight excluding hydrogens is 374 g/mol. The Bertz CT molecular complexity index is 1040. The zero-order valence-corrected chi connectivity index (χ0v) is 16.3. The number of amides is 1. The fourth-order valence-corrected chi connectivity index (χ4v) is 2.84. The van der Waals surface area contributed by atoms with Crippen molar-refractivity contribution in [2.24, 2.45) is 0 Å². The van der Waals surface area contributed by atoms with Gasteiger partial charge in [-0.15, -0.1) is 0 Å². The SMILES string of the molecule is COc1ccc(C(=O)OCC(=O)Nc2c(C)nn(-c3ccccc3)c2C)c(O)c1. The van der Waals surface area contributed by atoms with E-state index in [1.54, 1.807) is 11.6 Å². The topological polar surface area (TPSA) is 103 Å². The number of methoxy groups -OCH3 is 1. The molecule has 0 aliphatic rings. The minimum absolute atomic E-state index is 0.0529. The van der Waals surface area contributed by atoms with E-state index in [0.29, 0.717) is 17.1 Å². The number of phenols is 1. The number of hydrogen-bond donors (Lipinski definition) is 2. The highest BCUT2D eigenvalue weighted by molar-refractivity contribution is 5.97. The molecule has 0 unspecified atom stereocenters. The number of carbonyl (C=O) groups excluding carboxylic acids is 2. The summed E-state index contributed by atoms with van der Waals surface area (Å²) in [4.78, 5) is 24.4. The lowest BCUT2D eigenvalue weighted by Crippen LogP contribution is -2.21. The number of para-hydroxylation sites is 1. The van der Waals surface area contributed by atoms with Crippen LogP contribution in [0.5, 0.6) is 11.5 Å². The molecule has 0 radical (unpaired) electrons. The first-order valence-corrected chi connectivity index (χ1v) is 8.86. The summed E-state index contributed by atoms with van der Waals surface area (Å²) in [5.74, 6) is -1.21. The number of nitrogens with one attached hydrogen (secondary N) is 1. The summed E-state index contributed by atoms with van der Waals surface area (Å²) >= 11 is 0. The fraction of sp³-hybridized carbons (Fsp3) is 0.190. The van der Waals surface area contributed by atoms with Crippen molar-refractivity contribution in [2.75, 3.05) is 19.0 Å². The first-order chi connectivity index (χ1) is 13.9. The van der Waals surface area contributed by atoms with Gasteiger partial charge in [-0.05, 0) is 38.1 Å². The van der Waals surface area contributed by atoms with Gasteiger partial charge in [0.15, 0.2) is 6.61 Å². The lowest BCUT2D eigenvalue weighted by molar-refractivity contribution is -0.119. The van der Waals surface area contributed by atoms with Crippen LogP contribution in [0.3, 0.4) is 0 Å². The molecule has 2 aromatic carbocycles. The number of hydrogen-bond acceptors (Lipinski definition) is 6. The third-order valence-corrected chi connectivity index (χ3v) is 4.32. The minimum Gasteiger partial charge on any atom is -0.507 e. The third kappa shape index (κ3) is 4.37. The molecule has 1 amide bonds. The number of phenolic OH excluding ortho intramolecular Hbond substituents is 1. The monoisotopic (exact) mass is 395 g/mol. The van der Waals surface area contributed by atoms with Gasteiger partial charge in [0.1, 0.15) is 17.1 Å². The van der Waals surface area contributed by atoms with Crippen LogP contribution in [0.25, 0.3) is 5.69 Å². The van der Waals surface area contributed by atoms with Crippen molar-refractivity contribution < 1.29 is 24.2 Å². The van der Waals surface area contributed by atoms with E-state index < -0.39 is 18.5 Å². The fourth-order valence-electron chi connectivity index (χ4n) is 2.84. The molecule has 0 aliphatic carbocycles. The predicted octanol–water partition coefficient (Wildman–Crippen LogP) is 3.00. The lowest BCUT2D eigenvalue weighted by atomic mass is 10.2. The van der Waals surface area contributed by atoms with Crippen LogP contribution < -0.4 is 10.1 Å². The number of ether oxygens (including phenoxy) is 2. The summed E-state index contributed by atoms with van der Waals surface area (Å²) < 4.78 is 11.7. The summed E-state index contributed by atoms with van der Waals surface area (Å²) in [5, 5.41) is 17.1. The zero-order valence-electron chi connectivity index (χ0n) is 16.3. The van der Waals surface area contributed by atoms with Gasteiger partial charge in [0.05, 0.1) is 29.9 Å². The Morgan fingerprint density at radius 1 is 1.14 bits per heavy atom. The Morgan fingerprint density at radius 3 is 2.52 bits per heavy atom. The van der Waals surface area contributed by atoms with E-state index in [2.05, 4.69) is 10.4 Å². The van der Waals surface area contributed by atoms with Crippen molar-refractivity contribution in [1.29, 1.82) is 0 Å². The Kier molecular flexibility index (Phi) is 5.82. The molecule has 150 valence electrons. The maximum Gasteiger partial charge on any atom is 0.342 e. The van der Waals surface area contributed by atoms with E-state index >= 15 is 0 Å². The Hall–Kier alpha value is -3.81. The number of anilines is 1. The van der Waals surface area contributed by atoms with Crippen molar-refractivity contribution in [1.82, 2.24) is 9.78 Å². The second-order valence-corrected chi connectivity index (χ2v) is 6.30. The van der Waals surface area contributed by atoms with E-state index in [1.165, 1.54) is 25.3 Å². The van der Waals surface area contributed by atoms with Crippen LogP contribution in [0.1, 0.15) is 21.7 Å². The highest BCUT2D eigenvalue weighted by atomic mass is 16.5. The van der Waals surface area contributed by atoms with Crippen LogP contribution in [-0.4, -0.2) is 40.5 Å². The van der Waals surface area contributed by atoms with E-state index in [1.807, 2.05) is 37.3 Å². The standard InChI is InChI=1S/C21H21N3O5/c1-13-20(14(2)24(23-13)15-7-5-4-6-8-15)22-19(26)12-29-21(27)17-10-9-16(28-3)11-18(17)25/h4-11,25H,12H2,1-3H3,(H,22,26). The summed E-state index contributed by atoms with van der Waals surface area (Å²) in [5.41, 5.74) is 2.76. The quantitative estimate of drug-likeness (QED) is 0.622. The van der Waals surface area contributed by atoms with Gasteiger partial charge in [0.2, 0.25) is 0 Å².